The van der Waals surface area contributed by atoms with Crippen molar-refractivity contribution in [2.75, 3.05) is 4.90 Å². The summed E-state index contributed by atoms with van der Waals surface area (Å²) in [5.41, 5.74) is 4.79. The molecule has 7 rings (SSSR count). The Morgan fingerprint density at radius 3 is 2.51 bits per heavy atom. The smallest absolute Gasteiger partial charge is 0.272 e. The largest absolute Gasteiger partial charge is 0.508 e. The molecule has 3 aromatic carbocycles. The lowest BCUT2D eigenvalue weighted by Crippen LogP contribution is -2.61. The predicted octanol–water partition coefficient (Wildman–Crippen LogP) is 10.1. The molecule has 11 heteroatoms. The summed E-state index contributed by atoms with van der Waals surface area (Å²) < 4.78 is 7.89. The first-order chi connectivity index (χ1) is 23.5. The zero-order valence-corrected chi connectivity index (χ0v) is 29.7. The fourth-order valence-electron chi connectivity index (χ4n) is 6.47. The average Bonchev–Trinajstić information content (AvgIpc) is 3.58. The summed E-state index contributed by atoms with van der Waals surface area (Å²) >= 11 is 20.7. The van der Waals surface area contributed by atoms with Crippen molar-refractivity contribution in [1.29, 1.82) is 5.26 Å². The Bertz CT molecular complexity index is 2230. The van der Waals surface area contributed by atoms with Crippen molar-refractivity contribution in [3.63, 3.8) is 0 Å². The SMILES string of the molecule is Cc1nn(-c2ccccc2)c(Cl)c1/C=C/C1=Cc2c(sc(N3C(=O)[C@@H](Oc4ccc(Cl)cc4Cl)[C@H]3c3ccccc3O)c2C#N)C(C)(C)C1. The molecule has 1 aliphatic carbocycles. The molecule has 5 aromatic rings. The maximum atomic E-state index is 14.0. The number of phenols is 1. The molecule has 7 nitrogen and oxygen atoms in total. The van der Waals surface area contributed by atoms with Gasteiger partial charge in [0.15, 0.2) is 0 Å². The number of hydrogen-bond acceptors (Lipinski definition) is 6. The van der Waals surface area contributed by atoms with Crippen molar-refractivity contribution in [1.82, 2.24) is 9.78 Å². The zero-order chi connectivity index (χ0) is 34.6. The van der Waals surface area contributed by atoms with Crippen LogP contribution in [0.15, 0.2) is 84.4 Å². The maximum Gasteiger partial charge on any atom is 0.272 e. The van der Waals surface area contributed by atoms with Crippen molar-refractivity contribution in [2.24, 2.45) is 0 Å². The van der Waals surface area contributed by atoms with Gasteiger partial charge in [-0.1, -0.05) is 91.1 Å². The third-order valence-electron chi connectivity index (χ3n) is 8.81. The molecule has 1 N–H and O–H groups in total. The molecular formula is C38H29Cl3N4O3S. The molecule has 246 valence electrons. The van der Waals surface area contributed by atoms with Crippen molar-refractivity contribution in [2.45, 2.75) is 44.8 Å². The van der Waals surface area contributed by atoms with Gasteiger partial charge in [0.2, 0.25) is 6.10 Å². The summed E-state index contributed by atoms with van der Waals surface area (Å²) in [5.74, 6) is -0.0461. The summed E-state index contributed by atoms with van der Waals surface area (Å²) in [6.07, 6.45) is 5.70. The molecule has 2 aromatic heterocycles. The number of amides is 1. The first-order valence-electron chi connectivity index (χ1n) is 15.5. The van der Waals surface area contributed by atoms with Gasteiger partial charge < -0.3 is 9.84 Å². The number of halogens is 3. The van der Waals surface area contributed by atoms with Crippen LogP contribution in [0, 0.1) is 18.3 Å². The first kappa shape index (κ1) is 33.0. The van der Waals surface area contributed by atoms with Crippen molar-refractivity contribution in [3.05, 3.63) is 132 Å². The van der Waals surface area contributed by atoms with Gasteiger partial charge in [0, 0.05) is 32.0 Å². The Kier molecular flexibility index (Phi) is 8.58. The summed E-state index contributed by atoms with van der Waals surface area (Å²) in [6.45, 7) is 6.18. The monoisotopic (exact) mass is 726 g/mol. The van der Waals surface area contributed by atoms with Crippen LogP contribution in [0.1, 0.15) is 59.1 Å². The fourth-order valence-corrected chi connectivity index (χ4v) is 8.63. The van der Waals surface area contributed by atoms with E-state index in [0.717, 1.165) is 33.0 Å². The van der Waals surface area contributed by atoms with Crippen LogP contribution in [-0.4, -0.2) is 26.9 Å². The lowest BCUT2D eigenvalue weighted by molar-refractivity contribution is -0.134. The molecule has 1 fully saturated rings. The summed E-state index contributed by atoms with van der Waals surface area (Å²) in [7, 11) is 0. The van der Waals surface area contributed by atoms with E-state index in [1.165, 1.54) is 11.3 Å². The Labute approximate surface area is 302 Å². The number of anilines is 1. The predicted molar refractivity (Wildman–Crippen MR) is 196 cm³/mol. The molecule has 1 amide bonds. The highest BCUT2D eigenvalue weighted by atomic mass is 35.5. The molecular weight excluding hydrogens is 699 g/mol. The number of aromatic hydroxyl groups is 1. The number of carbonyl (C=O) groups excluding carboxylic acids is 1. The van der Waals surface area contributed by atoms with Gasteiger partial charge in [0.25, 0.3) is 5.91 Å². The number of rotatable bonds is 7. The van der Waals surface area contributed by atoms with Gasteiger partial charge in [-0.2, -0.15) is 10.4 Å². The highest BCUT2D eigenvalue weighted by Crippen LogP contribution is 2.53. The van der Waals surface area contributed by atoms with Gasteiger partial charge in [-0.3, -0.25) is 9.69 Å². The summed E-state index contributed by atoms with van der Waals surface area (Å²) in [4.78, 5) is 16.5. The minimum atomic E-state index is -0.996. The molecule has 0 spiro atoms. The van der Waals surface area contributed by atoms with Crippen molar-refractivity contribution < 1.29 is 14.6 Å². The molecule has 0 saturated carbocycles. The van der Waals surface area contributed by atoms with Crippen LogP contribution in [0.25, 0.3) is 17.8 Å². The van der Waals surface area contributed by atoms with Crippen molar-refractivity contribution in [3.8, 4) is 23.3 Å². The van der Waals surface area contributed by atoms with Crippen molar-refractivity contribution >= 4 is 69.2 Å². The standard InChI is InChI=1S/C38H29Cl3N4O3S/c1-21-25(35(41)45(43-21)24-9-5-4-6-10-24)15-13-22-17-27-28(20-42)37(49-34(27)38(2,3)19-22)44-32(26-11-7-8-12-30(26)46)33(36(44)47)48-31-16-14-23(39)18-29(31)40/h4-18,32-33,46H,19H2,1-3H3/b15-13+/t32-,33+/m1/s1. The number of carbonyl (C=O) groups is 1. The van der Waals surface area contributed by atoms with Crippen LogP contribution in [-0.2, 0) is 10.2 Å². The second kappa shape index (κ2) is 12.7. The van der Waals surface area contributed by atoms with E-state index in [1.54, 1.807) is 52.0 Å². The van der Waals surface area contributed by atoms with Gasteiger partial charge in [0.05, 0.1) is 22.0 Å². The quantitative estimate of drug-likeness (QED) is 0.169. The second-order valence-corrected chi connectivity index (χ2v) is 14.8. The third-order valence-corrected chi connectivity index (χ3v) is 11.3. The average molecular weight is 728 g/mol. The number of thiophene rings is 1. The van der Waals surface area contributed by atoms with Crippen LogP contribution < -0.4 is 9.64 Å². The van der Waals surface area contributed by atoms with Gasteiger partial charge in [0.1, 0.15) is 33.8 Å². The second-order valence-electron chi connectivity index (χ2n) is 12.6. The van der Waals surface area contributed by atoms with Crippen LogP contribution in [0.4, 0.5) is 5.00 Å². The molecule has 0 unspecified atom stereocenters. The van der Waals surface area contributed by atoms with E-state index in [0.29, 0.717) is 38.5 Å². The number of β-lactam (4-membered cyclic amide) rings is 1. The van der Waals surface area contributed by atoms with Gasteiger partial charge in [-0.15, -0.1) is 11.3 Å². The minimum absolute atomic E-state index is 0.0119. The number of benzene rings is 3. The van der Waals surface area contributed by atoms with E-state index in [9.17, 15) is 15.2 Å². The van der Waals surface area contributed by atoms with E-state index < -0.39 is 12.1 Å². The zero-order valence-electron chi connectivity index (χ0n) is 26.6. The van der Waals surface area contributed by atoms with E-state index in [4.69, 9.17) is 39.5 Å². The number of hydrogen-bond donors (Lipinski definition) is 1. The molecule has 0 radical (unpaired) electrons. The van der Waals surface area contributed by atoms with E-state index in [-0.39, 0.29) is 22.1 Å². The number of ether oxygens (including phenoxy) is 1. The van der Waals surface area contributed by atoms with E-state index in [2.05, 4.69) is 25.0 Å². The lowest BCUT2D eigenvalue weighted by Gasteiger charge is -2.46. The number of phenolic OH excluding ortho intramolecular Hbond substituents is 1. The summed E-state index contributed by atoms with van der Waals surface area (Å²) in [6, 6.07) is 23.0. The molecule has 2 atom stereocenters. The van der Waals surface area contributed by atoms with Gasteiger partial charge in [-0.25, -0.2) is 4.68 Å². The number of aromatic nitrogens is 2. The maximum absolute atomic E-state index is 14.0. The molecule has 1 aliphatic heterocycles. The number of para-hydroxylation sites is 2. The number of fused-ring (bicyclic) bond motifs is 1. The molecule has 49 heavy (non-hydrogen) atoms. The Morgan fingerprint density at radius 1 is 1.06 bits per heavy atom. The Hall–Kier alpha value is -4.52. The van der Waals surface area contributed by atoms with Crippen LogP contribution in [0.5, 0.6) is 11.5 Å². The Morgan fingerprint density at radius 2 is 1.80 bits per heavy atom. The minimum Gasteiger partial charge on any atom is -0.508 e. The van der Waals surface area contributed by atoms with E-state index in [1.807, 2.05) is 55.5 Å². The van der Waals surface area contributed by atoms with Crippen LogP contribution in [0.3, 0.4) is 0 Å². The molecule has 2 aliphatic rings. The number of nitrogens with zero attached hydrogens (tertiary/aromatic N) is 4. The highest BCUT2D eigenvalue weighted by Gasteiger charge is 2.54. The molecule has 3 heterocycles. The topological polar surface area (TPSA) is 91.4 Å². The number of aryl methyl sites for hydroxylation is 1. The number of nitriles is 1. The lowest BCUT2D eigenvalue weighted by atomic mass is 9.77. The first-order valence-corrected chi connectivity index (χ1v) is 17.4. The van der Waals surface area contributed by atoms with Crippen LogP contribution in [0.2, 0.25) is 15.2 Å². The Balaban J connectivity index is 1.27. The van der Waals surface area contributed by atoms with Gasteiger partial charge in [-0.05, 0) is 67.5 Å². The number of allylic oxidation sites excluding steroid dienone is 2. The van der Waals surface area contributed by atoms with Gasteiger partial charge >= 0.3 is 0 Å². The summed E-state index contributed by atoms with van der Waals surface area (Å²) in [5, 5.41) is 27.8. The fraction of sp³-hybridized carbons (Fsp3) is 0.184. The van der Waals surface area contributed by atoms with E-state index >= 15 is 0 Å². The van der Waals surface area contributed by atoms with Crippen LogP contribution >= 0.6 is 46.1 Å². The normalized spacial score (nSPS) is 18.2. The molecule has 0 bridgehead atoms. The highest BCUT2D eigenvalue weighted by molar-refractivity contribution is 7.17. The molecule has 1 saturated heterocycles. The third kappa shape index (κ3) is 5.81.